The number of amides is 1. The van der Waals surface area contributed by atoms with Crippen LogP contribution in [0.15, 0.2) is 102 Å². The van der Waals surface area contributed by atoms with E-state index in [1.807, 2.05) is 12.1 Å². The Kier molecular flexibility index (Phi) is 8.55. The van der Waals surface area contributed by atoms with Crippen molar-refractivity contribution in [3.63, 3.8) is 0 Å². The van der Waals surface area contributed by atoms with Crippen LogP contribution in [0.25, 0.3) is 11.3 Å². The van der Waals surface area contributed by atoms with Crippen molar-refractivity contribution in [1.82, 2.24) is 19.6 Å². The molecular formula is C30H25F4N5O3S. The molecule has 0 spiro atoms. The minimum Gasteiger partial charge on any atom is -0.364 e. The second kappa shape index (κ2) is 12.3. The molecule has 222 valence electrons. The maximum absolute atomic E-state index is 13.3. The van der Waals surface area contributed by atoms with E-state index in [2.05, 4.69) is 20.6 Å². The van der Waals surface area contributed by atoms with E-state index in [1.165, 1.54) is 18.2 Å². The zero-order valence-corrected chi connectivity index (χ0v) is 23.2. The third-order valence-corrected chi connectivity index (χ3v) is 8.50. The van der Waals surface area contributed by atoms with Gasteiger partial charge in [0.05, 0.1) is 28.4 Å². The molecule has 1 unspecified atom stereocenters. The maximum Gasteiger partial charge on any atom is 0.416 e. The summed E-state index contributed by atoms with van der Waals surface area (Å²) < 4.78 is 79.9. The van der Waals surface area contributed by atoms with Crippen molar-refractivity contribution in [3.05, 3.63) is 120 Å². The summed E-state index contributed by atoms with van der Waals surface area (Å²) in [6, 6.07) is 16.5. The summed E-state index contributed by atoms with van der Waals surface area (Å²) in [5.41, 5.74) is 1.30. The molecule has 13 heteroatoms. The summed E-state index contributed by atoms with van der Waals surface area (Å²) >= 11 is 0. The zero-order chi connectivity index (χ0) is 30.6. The molecule has 2 aromatic heterocycles. The van der Waals surface area contributed by atoms with Crippen LogP contribution in [0.4, 0.5) is 23.4 Å². The van der Waals surface area contributed by atoms with Crippen molar-refractivity contribution < 1.29 is 30.8 Å². The molecule has 1 aliphatic rings. The SMILES string of the molecule is O=C(NCc1cc(NCc2ccccn2)nc(-c2ccc(C(F)(F)F)cc2)c1)C1C=CCN1S(=O)(=O)c1ccc(F)cc1. The first-order valence-electron chi connectivity index (χ1n) is 13.0. The van der Waals surface area contributed by atoms with Crippen LogP contribution in [0, 0.1) is 5.82 Å². The van der Waals surface area contributed by atoms with Gasteiger partial charge in [0, 0.05) is 24.8 Å². The number of nitrogens with zero attached hydrogens (tertiary/aromatic N) is 3. The van der Waals surface area contributed by atoms with Crippen molar-refractivity contribution in [1.29, 1.82) is 0 Å². The largest absolute Gasteiger partial charge is 0.416 e. The van der Waals surface area contributed by atoms with Gasteiger partial charge in [-0.2, -0.15) is 17.5 Å². The summed E-state index contributed by atoms with van der Waals surface area (Å²) in [4.78, 5) is 21.8. The topological polar surface area (TPSA) is 104 Å². The van der Waals surface area contributed by atoms with Crippen molar-refractivity contribution in [2.45, 2.75) is 30.2 Å². The summed E-state index contributed by atoms with van der Waals surface area (Å²) in [6.45, 7) is 0.258. The van der Waals surface area contributed by atoms with E-state index in [1.54, 1.807) is 30.5 Å². The lowest BCUT2D eigenvalue weighted by molar-refractivity contribution is -0.137. The lowest BCUT2D eigenvalue weighted by atomic mass is 10.1. The van der Waals surface area contributed by atoms with Gasteiger partial charge in [-0.1, -0.05) is 30.4 Å². The Morgan fingerprint density at radius 3 is 2.40 bits per heavy atom. The molecule has 0 aliphatic carbocycles. The number of rotatable bonds is 9. The molecular weight excluding hydrogens is 586 g/mol. The molecule has 43 heavy (non-hydrogen) atoms. The van der Waals surface area contributed by atoms with E-state index >= 15 is 0 Å². The number of alkyl halides is 3. The second-order valence-corrected chi connectivity index (χ2v) is 11.5. The Bertz CT molecular complexity index is 1730. The number of nitrogens with one attached hydrogen (secondary N) is 2. The predicted molar refractivity (Wildman–Crippen MR) is 151 cm³/mol. The number of halogens is 4. The molecule has 2 N–H and O–H groups in total. The summed E-state index contributed by atoms with van der Waals surface area (Å²) in [7, 11) is -4.09. The molecule has 8 nitrogen and oxygen atoms in total. The van der Waals surface area contributed by atoms with Crippen molar-refractivity contribution >= 4 is 21.7 Å². The number of hydrogen-bond acceptors (Lipinski definition) is 6. The molecule has 0 fully saturated rings. The van der Waals surface area contributed by atoms with Crippen molar-refractivity contribution in [2.75, 3.05) is 11.9 Å². The van der Waals surface area contributed by atoms with Crippen LogP contribution in [0.3, 0.4) is 0 Å². The number of anilines is 1. The fourth-order valence-electron chi connectivity index (χ4n) is 4.45. The zero-order valence-electron chi connectivity index (χ0n) is 22.4. The Labute approximate surface area is 245 Å². The van der Waals surface area contributed by atoms with E-state index in [0.29, 0.717) is 29.2 Å². The Morgan fingerprint density at radius 2 is 1.72 bits per heavy atom. The molecule has 1 atom stereocenters. The normalized spacial score (nSPS) is 15.4. The van der Waals surface area contributed by atoms with Gasteiger partial charge in [-0.05, 0) is 66.2 Å². The van der Waals surface area contributed by atoms with Gasteiger partial charge in [0.25, 0.3) is 0 Å². The molecule has 0 saturated heterocycles. The first kappa shape index (κ1) is 29.9. The summed E-state index contributed by atoms with van der Waals surface area (Å²) in [6.07, 6.45) is 0.178. The van der Waals surface area contributed by atoms with Gasteiger partial charge >= 0.3 is 6.18 Å². The van der Waals surface area contributed by atoms with Crippen LogP contribution < -0.4 is 10.6 Å². The lowest BCUT2D eigenvalue weighted by Gasteiger charge is -2.23. The third kappa shape index (κ3) is 7.07. The summed E-state index contributed by atoms with van der Waals surface area (Å²) in [5, 5.41) is 5.89. The lowest BCUT2D eigenvalue weighted by Crippen LogP contribution is -2.45. The van der Waals surface area contributed by atoms with Crippen LogP contribution in [0.1, 0.15) is 16.8 Å². The first-order valence-corrected chi connectivity index (χ1v) is 14.5. The number of pyridine rings is 2. The Morgan fingerprint density at radius 1 is 0.977 bits per heavy atom. The molecule has 5 rings (SSSR count). The fourth-order valence-corrected chi connectivity index (χ4v) is 5.94. The highest BCUT2D eigenvalue weighted by atomic mass is 32.2. The van der Waals surface area contributed by atoms with Gasteiger partial charge in [-0.25, -0.2) is 17.8 Å². The van der Waals surface area contributed by atoms with Gasteiger partial charge in [-0.3, -0.25) is 9.78 Å². The van der Waals surface area contributed by atoms with E-state index in [4.69, 9.17) is 0 Å². The van der Waals surface area contributed by atoms with Crippen LogP contribution in [0.5, 0.6) is 0 Å². The molecule has 3 heterocycles. The number of hydrogen-bond donors (Lipinski definition) is 2. The number of aromatic nitrogens is 2. The first-order chi connectivity index (χ1) is 20.5. The predicted octanol–water partition coefficient (Wildman–Crippen LogP) is 5.16. The monoisotopic (exact) mass is 611 g/mol. The Balaban J connectivity index is 1.36. The van der Waals surface area contributed by atoms with Crippen LogP contribution >= 0.6 is 0 Å². The highest BCUT2D eigenvalue weighted by Crippen LogP contribution is 2.31. The second-order valence-electron chi connectivity index (χ2n) is 9.62. The van der Waals surface area contributed by atoms with Crippen LogP contribution in [0.2, 0.25) is 0 Å². The smallest absolute Gasteiger partial charge is 0.364 e. The highest BCUT2D eigenvalue weighted by Gasteiger charge is 2.36. The average molecular weight is 612 g/mol. The van der Waals surface area contributed by atoms with E-state index in [-0.39, 0.29) is 18.0 Å². The minimum absolute atomic E-state index is 0.0258. The molecule has 2 aromatic carbocycles. The molecule has 4 aromatic rings. The average Bonchev–Trinajstić information content (AvgIpc) is 3.51. The Hall–Kier alpha value is -4.62. The molecule has 0 bridgehead atoms. The molecule has 1 amide bonds. The van der Waals surface area contributed by atoms with Crippen LogP contribution in [-0.4, -0.2) is 41.2 Å². The standard InChI is InChI=1S/C30H25F4N5O3S/c31-23-10-12-25(13-11-23)43(41,42)39-15-3-5-27(39)29(40)37-18-20-16-26(21-6-8-22(9-7-21)30(32,33)34)38-28(17-20)36-19-24-4-1-2-14-35-24/h1-14,16-17,27H,15,18-19H2,(H,36,38)(H,37,40). The van der Waals surface area contributed by atoms with Gasteiger partial charge in [0.2, 0.25) is 15.9 Å². The van der Waals surface area contributed by atoms with Crippen molar-refractivity contribution in [2.24, 2.45) is 0 Å². The highest BCUT2D eigenvalue weighted by molar-refractivity contribution is 7.89. The third-order valence-electron chi connectivity index (χ3n) is 6.64. The van der Waals surface area contributed by atoms with Gasteiger partial charge in [0.15, 0.2) is 0 Å². The molecule has 0 saturated carbocycles. The van der Waals surface area contributed by atoms with E-state index < -0.39 is 39.5 Å². The van der Waals surface area contributed by atoms with E-state index in [0.717, 1.165) is 46.4 Å². The van der Waals surface area contributed by atoms with Crippen LogP contribution in [-0.2, 0) is 34.1 Å². The summed E-state index contributed by atoms with van der Waals surface area (Å²) in [5.74, 6) is -0.779. The number of sulfonamides is 1. The number of carbonyl (C=O) groups excluding carboxylic acids is 1. The van der Waals surface area contributed by atoms with Crippen molar-refractivity contribution in [3.8, 4) is 11.3 Å². The van der Waals surface area contributed by atoms with E-state index in [9.17, 15) is 30.8 Å². The quantitative estimate of drug-likeness (QED) is 0.200. The maximum atomic E-state index is 13.3. The van der Waals surface area contributed by atoms with Gasteiger partial charge < -0.3 is 10.6 Å². The molecule has 0 radical (unpaired) electrons. The minimum atomic E-state index is -4.49. The van der Waals surface area contributed by atoms with Gasteiger partial charge in [0.1, 0.15) is 17.7 Å². The number of carbonyl (C=O) groups is 1. The molecule has 1 aliphatic heterocycles. The van der Waals surface area contributed by atoms with Gasteiger partial charge in [-0.15, -0.1) is 0 Å². The fraction of sp³-hybridized carbons (Fsp3) is 0.167. The number of benzene rings is 2.